The predicted octanol–water partition coefficient (Wildman–Crippen LogP) is 2.68. The van der Waals surface area contributed by atoms with Crippen LogP contribution in [0.2, 0.25) is 0 Å². The zero-order valence-electron chi connectivity index (χ0n) is 22.1. The molecule has 4 rings (SSSR count). The highest BCUT2D eigenvalue weighted by Crippen LogP contribution is 2.29. The second-order valence-corrected chi connectivity index (χ2v) is 9.53. The number of benzene rings is 2. The summed E-state index contributed by atoms with van der Waals surface area (Å²) in [5.41, 5.74) is 0.602. The molecule has 1 aliphatic heterocycles. The maximum absolute atomic E-state index is 13.4. The number of nitrogens with one attached hydrogen (secondary N) is 2. The van der Waals surface area contributed by atoms with Crippen molar-refractivity contribution in [2.24, 2.45) is 0 Å². The maximum atomic E-state index is 13.4. The Morgan fingerprint density at radius 3 is 2.77 bits per heavy atom. The van der Waals surface area contributed by atoms with E-state index >= 15 is 0 Å². The molecule has 0 radical (unpaired) electrons. The molecule has 0 aliphatic carbocycles. The van der Waals surface area contributed by atoms with Gasteiger partial charge in [0.2, 0.25) is 11.9 Å². The van der Waals surface area contributed by atoms with Gasteiger partial charge < -0.3 is 30.4 Å². The molecule has 3 N–H and O–H groups in total. The van der Waals surface area contributed by atoms with Crippen molar-refractivity contribution in [3.8, 4) is 11.8 Å². The number of hydrogen-bond donors (Lipinski definition) is 3. The van der Waals surface area contributed by atoms with Crippen molar-refractivity contribution in [2.75, 3.05) is 62.4 Å². The van der Waals surface area contributed by atoms with Gasteiger partial charge in [0.1, 0.15) is 17.3 Å². The van der Waals surface area contributed by atoms with Crippen molar-refractivity contribution in [1.29, 1.82) is 5.26 Å². The van der Waals surface area contributed by atoms with Crippen molar-refractivity contribution in [3.63, 3.8) is 0 Å². The van der Waals surface area contributed by atoms with E-state index in [0.717, 1.165) is 17.3 Å². The van der Waals surface area contributed by atoms with Crippen LogP contribution in [0.4, 0.5) is 17.5 Å². The zero-order chi connectivity index (χ0) is 27.9. The highest BCUT2D eigenvalue weighted by Gasteiger charge is 2.30. The number of aromatic nitrogens is 2. The minimum absolute atomic E-state index is 0.0360. The highest BCUT2D eigenvalue weighted by atomic mass is 16.3. The molecule has 2 heterocycles. The highest BCUT2D eigenvalue weighted by molar-refractivity contribution is 6.09. The molecule has 1 aliphatic rings. The van der Waals surface area contributed by atoms with Crippen molar-refractivity contribution in [3.05, 3.63) is 60.8 Å². The number of amides is 2. The van der Waals surface area contributed by atoms with Gasteiger partial charge in [0.15, 0.2) is 0 Å². The fourth-order valence-electron chi connectivity index (χ4n) is 4.52. The van der Waals surface area contributed by atoms with Gasteiger partial charge in [-0.1, -0.05) is 30.8 Å². The standard InChI is InChI=1S/C28H32N8O3/c1-4-26(38)36-14-13-35(18-20(36)9-10-29)25-17-24(32-28(33-25)30-11-12-34(2)3)27(39)31-23-16-21(37)15-19-7-5-6-8-22(19)23/h4-8,15-17,20,37H,1,9,11-14,18H2,2-3H3,(H,31,39)(H,30,32,33)/t20-/m0/s1. The van der Waals surface area contributed by atoms with Gasteiger partial charge in [-0.25, -0.2) is 4.98 Å². The maximum Gasteiger partial charge on any atom is 0.274 e. The first-order valence-electron chi connectivity index (χ1n) is 12.6. The Hall–Kier alpha value is -4.69. The largest absolute Gasteiger partial charge is 0.508 e. The first-order valence-corrected chi connectivity index (χ1v) is 12.6. The number of fused-ring (bicyclic) bond motifs is 1. The number of rotatable bonds is 9. The third-order valence-corrected chi connectivity index (χ3v) is 6.47. The molecule has 0 saturated carbocycles. The summed E-state index contributed by atoms with van der Waals surface area (Å²) < 4.78 is 0. The summed E-state index contributed by atoms with van der Waals surface area (Å²) in [7, 11) is 3.91. The molecule has 202 valence electrons. The first kappa shape index (κ1) is 27.3. The SMILES string of the molecule is C=CC(=O)N1CCN(c2cc(C(=O)Nc3cc(O)cc4ccccc34)nc(NCCN(C)C)n2)C[C@@H]1CC#N. The van der Waals surface area contributed by atoms with Gasteiger partial charge in [-0.05, 0) is 31.6 Å². The lowest BCUT2D eigenvalue weighted by Gasteiger charge is -2.40. The van der Waals surface area contributed by atoms with Gasteiger partial charge >= 0.3 is 0 Å². The van der Waals surface area contributed by atoms with Gasteiger partial charge in [0.05, 0.1) is 24.2 Å². The number of hydrogen-bond acceptors (Lipinski definition) is 9. The minimum Gasteiger partial charge on any atom is -0.508 e. The van der Waals surface area contributed by atoms with Crippen LogP contribution in [0.1, 0.15) is 16.9 Å². The van der Waals surface area contributed by atoms with Crippen LogP contribution in [0.3, 0.4) is 0 Å². The molecule has 1 fully saturated rings. The second kappa shape index (κ2) is 12.2. The number of nitrogens with zero attached hydrogens (tertiary/aromatic N) is 6. The molecule has 1 saturated heterocycles. The number of phenols is 1. The molecule has 3 aromatic rings. The Labute approximate surface area is 227 Å². The van der Waals surface area contributed by atoms with E-state index in [1.54, 1.807) is 17.0 Å². The van der Waals surface area contributed by atoms with E-state index in [1.165, 1.54) is 12.1 Å². The molecule has 2 amide bonds. The lowest BCUT2D eigenvalue weighted by atomic mass is 10.1. The first-order chi connectivity index (χ1) is 18.8. The van der Waals surface area contributed by atoms with Crippen LogP contribution in [0.25, 0.3) is 10.8 Å². The molecule has 11 nitrogen and oxygen atoms in total. The summed E-state index contributed by atoms with van der Waals surface area (Å²) in [6.45, 7) is 6.10. The summed E-state index contributed by atoms with van der Waals surface area (Å²) in [6, 6.07) is 14.0. The normalized spacial score (nSPS) is 15.2. The molecule has 39 heavy (non-hydrogen) atoms. The number of anilines is 3. The average molecular weight is 529 g/mol. The predicted molar refractivity (Wildman–Crippen MR) is 151 cm³/mol. The van der Waals surface area contributed by atoms with E-state index in [9.17, 15) is 20.0 Å². The van der Waals surface area contributed by atoms with Gasteiger partial charge in [-0.3, -0.25) is 9.59 Å². The van der Waals surface area contributed by atoms with Gasteiger partial charge in [0, 0.05) is 50.2 Å². The van der Waals surface area contributed by atoms with E-state index in [2.05, 4.69) is 33.2 Å². The van der Waals surface area contributed by atoms with Crippen LogP contribution in [0.5, 0.6) is 5.75 Å². The number of carbonyl (C=O) groups is 2. The molecule has 0 unspecified atom stereocenters. The zero-order valence-corrected chi connectivity index (χ0v) is 22.1. The second-order valence-electron chi connectivity index (χ2n) is 9.53. The van der Waals surface area contributed by atoms with Crippen LogP contribution in [0.15, 0.2) is 55.1 Å². The summed E-state index contributed by atoms with van der Waals surface area (Å²) in [5, 5.41) is 27.2. The molecule has 0 spiro atoms. The Balaban J connectivity index is 1.65. The Bertz CT molecular complexity index is 1420. The van der Waals surface area contributed by atoms with Gasteiger partial charge in [-0.15, -0.1) is 0 Å². The number of likely N-dealkylation sites (N-methyl/N-ethyl adjacent to an activating group) is 1. The van der Waals surface area contributed by atoms with Crippen LogP contribution in [-0.4, -0.2) is 89.5 Å². The third kappa shape index (κ3) is 6.61. The lowest BCUT2D eigenvalue weighted by Crippen LogP contribution is -2.55. The summed E-state index contributed by atoms with van der Waals surface area (Å²) in [4.78, 5) is 40.5. The van der Waals surface area contributed by atoms with E-state index in [4.69, 9.17) is 0 Å². The number of aromatic hydroxyl groups is 1. The van der Waals surface area contributed by atoms with Crippen LogP contribution >= 0.6 is 0 Å². The average Bonchev–Trinajstić information content (AvgIpc) is 2.92. The van der Waals surface area contributed by atoms with E-state index in [1.807, 2.05) is 48.2 Å². The lowest BCUT2D eigenvalue weighted by molar-refractivity contribution is -0.128. The van der Waals surface area contributed by atoms with E-state index in [0.29, 0.717) is 43.6 Å². The molecule has 0 bridgehead atoms. The molecular weight excluding hydrogens is 496 g/mol. The number of carbonyl (C=O) groups excluding carboxylic acids is 2. The number of phenolic OH excluding ortho intramolecular Hbond substituents is 1. The van der Waals surface area contributed by atoms with Crippen LogP contribution < -0.4 is 15.5 Å². The van der Waals surface area contributed by atoms with Crippen molar-refractivity contribution < 1.29 is 14.7 Å². The fourth-order valence-corrected chi connectivity index (χ4v) is 4.52. The topological polar surface area (TPSA) is 138 Å². The monoisotopic (exact) mass is 528 g/mol. The fraction of sp³-hybridized carbons (Fsp3) is 0.321. The quantitative estimate of drug-likeness (QED) is 0.358. The van der Waals surface area contributed by atoms with E-state index in [-0.39, 0.29) is 29.8 Å². The molecule has 1 aromatic heterocycles. The smallest absolute Gasteiger partial charge is 0.274 e. The Morgan fingerprint density at radius 1 is 1.23 bits per heavy atom. The Morgan fingerprint density at radius 2 is 2.03 bits per heavy atom. The number of nitriles is 1. The summed E-state index contributed by atoms with van der Waals surface area (Å²) >= 11 is 0. The molecule has 2 aromatic carbocycles. The molecule has 1 atom stereocenters. The molecular formula is C28H32N8O3. The van der Waals surface area contributed by atoms with Crippen molar-refractivity contribution in [2.45, 2.75) is 12.5 Å². The van der Waals surface area contributed by atoms with Crippen LogP contribution in [-0.2, 0) is 4.79 Å². The Kier molecular flexibility index (Phi) is 8.58. The summed E-state index contributed by atoms with van der Waals surface area (Å²) in [6.07, 6.45) is 1.41. The number of piperazine rings is 1. The van der Waals surface area contributed by atoms with Crippen molar-refractivity contribution in [1.82, 2.24) is 19.8 Å². The van der Waals surface area contributed by atoms with Crippen molar-refractivity contribution >= 4 is 40.0 Å². The summed E-state index contributed by atoms with van der Waals surface area (Å²) in [5.74, 6) is 0.161. The van der Waals surface area contributed by atoms with Gasteiger partial charge in [0.25, 0.3) is 5.91 Å². The minimum atomic E-state index is -0.459. The van der Waals surface area contributed by atoms with E-state index < -0.39 is 5.91 Å². The molecule has 11 heteroatoms. The third-order valence-electron chi connectivity index (χ3n) is 6.47. The van der Waals surface area contributed by atoms with Crippen LogP contribution in [0, 0.1) is 11.3 Å². The van der Waals surface area contributed by atoms with Gasteiger partial charge in [-0.2, -0.15) is 10.2 Å².